The van der Waals surface area contributed by atoms with E-state index in [-0.39, 0.29) is 17.2 Å². The molecule has 0 spiro atoms. The second-order valence-electron chi connectivity index (χ2n) is 6.56. The number of amides is 2. The number of sulfone groups is 1. The molecule has 0 unspecified atom stereocenters. The summed E-state index contributed by atoms with van der Waals surface area (Å²) < 4.78 is 70.0. The molecule has 2 aromatic carbocycles. The van der Waals surface area contributed by atoms with Gasteiger partial charge in [0.1, 0.15) is 10.6 Å². The number of carbonyl (C=O) groups excluding carboxylic acids is 1. The van der Waals surface area contributed by atoms with Crippen LogP contribution in [0, 0.1) is 0 Å². The van der Waals surface area contributed by atoms with Crippen LogP contribution in [0.2, 0.25) is 0 Å². The lowest BCUT2D eigenvalue weighted by atomic mass is 10.2. The number of rotatable bonds is 6. The van der Waals surface area contributed by atoms with Crippen molar-refractivity contribution in [2.75, 3.05) is 12.4 Å². The molecule has 2 N–H and O–H groups in total. The first kappa shape index (κ1) is 23.1. The molecule has 0 aliphatic rings. The second kappa shape index (κ2) is 9.27. The minimum Gasteiger partial charge on any atom is -0.495 e. The van der Waals surface area contributed by atoms with Crippen molar-refractivity contribution < 1.29 is 31.1 Å². The van der Waals surface area contributed by atoms with Gasteiger partial charge in [0.05, 0.1) is 17.6 Å². The molecule has 2 amide bonds. The summed E-state index contributed by atoms with van der Waals surface area (Å²) >= 11 is 0. The lowest BCUT2D eigenvalue weighted by molar-refractivity contribution is -0.137. The molecule has 3 aromatic rings. The van der Waals surface area contributed by atoms with E-state index in [9.17, 15) is 26.4 Å². The van der Waals surface area contributed by atoms with E-state index < -0.39 is 32.5 Å². The summed E-state index contributed by atoms with van der Waals surface area (Å²) in [5.41, 5.74) is -0.0248. The quantitative estimate of drug-likeness (QED) is 0.567. The number of carbonyl (C=O) groups is 1. The van der Waals surface area contributed by atoms with Crippen molar-refractivity contribution in [1.29, 1.82) is 0 Å². The van der Waals surface area contributed by atoms with Gasteiger partial charge in [-0.3, -0.25) is 4.98 Å². The lowest BCUT2D eigenvalue weighted by Gasteiger charge is -2.14. The highest BCUT2D eigenvalue weighted by Crippen LogP contribution is 2.36. The van der Waals surface area contributed by atoms with Crippen LogP contribution >= 0.6 is 0 Å². The first-order chi connectivity index (χ1) is 15.1. The molecule has 0 aliphatic heterocycles. The Bertz CT molecular complexity index is 1200. The van der Waals surface area contributed by atoms with Crippen molar-refractivity contribution in [3.8, 4) is 5.75 Å². The highest BCUT2D eigenvalue weighted by molar-refractivity contribution is 7.91. The zero-order valence-electron chi connectivity index (χ0n) is 16.7. The Kier molecular flexibility index (Phi) is 6.68. The summed E-state index contributed by atoms with van der Waals surface area (Å²) in [7, 11) is -3.15. The van der Waals surface area contributed by atoms with Crippen molar-refractivity contribution in [2.45, 2.75) is 22.5 Å². The van der Waals surface area contributed by atoms with Gasteiger partial charge in [0.25, 0.3) is 0 Å². The van der Waals surface area contributed by atoms with Crippen LogP contribution in [0.3, 0.4) is 0 Å². The number of aromatic nitrogens is 1. The van der Waals surface area contributed by atoms with Gasteiger partial charge in [-0.2, -0.15) is 13.2 Å². The normalized spacial score (nSPS) is 11.6. The molecule has 7 nitrogen and oxygen atoms in total. The Morgan fingerprint density at radius 2 is 1.81 bits per heavy atom. The highest BCUT2D eigenvalue weighted by Gasteiger charge is 2.33. The van der Waals surface area contributed by atoms with Crippen LogP contribution in [0.1, 0.15) is 11.1 Å². The average molecular weight is 465 g/mol. The number of alkyl halides is 3. The number of nitrogens with one attached hydrogen (secondary N) is 2. The van der Waals surface area contributed by atoms with Gasteiger partial charge in [0.15, 0.2) is 0 Å². The van der Waals surface area contributed by atoms with Gasteiger partial charge in [-0.05, 0) is 54.1 Å². The molecular weight excluding hydrogens is 447 g/mol. The van der Waals surface area contributed by atoms with E-state index in [1.165, 1.54) is 31.4 Å². The summed E-state index contributed by atoms with van der Waals surface area (Å²) in [5.74, 6) is -0.213. The third-order valence-corrected chi connectivity index (χ3v) is 6.17. The number of methoxy groups -OCH3 is 1. The zero-order valence-corrected chi connectivity index (χ0v) is 17.5. The second-order valence-corrected chi connectivity index (χ2v) is 8.48. The van der Waals surface area contributed by atoms with Crippen LogP contribution < -0.4 is 15.4 Å². The van der Waals surface area contributed by atoms with Gasteiger partial charge in [0, 0.05) is 24.6 Å². The van der Waals surface area contributed by atoms with Crippen molar-refractivity contribution in [1.82, 2.24) is 10.3 Å². The van der Waals surface area contributed by atoms with E-state index in [1.54, 1.807) is 24.5 Å². The molecule has 32 heavy (non-hydrogen) atoms. The van der Waals surface area contributed by atoms with Crippen LogP contribution in [0.5, 0.6) is 5.75 Å². The van der Waals surface area contributed by atoms with Crippen molar-refractivity contribution in [3.63, 3.8) is 0 Å². The van der Waals surface area contributed by atoms with E-state index in [0.29, 0.717) is 11.8 Å². The maximum Gasteiger partial charge on any atom is 0.416 e. The maximum absolute atomic E-state index is 13.1. The highest BCUT2D eigenvalue weighted by atomic mass is 32.2. The summed E-state index contributed by atoms with van der Waals surface area (Å²) in [4.78, 5) is 15.1. The molecular formula is C21H18F3N3O4S. The van der Waals surface area contributed by atoms with Crippen LogP contribution in [-0.4, -0.2) is 26.5 Å². The zero-order chi connectivity index (χ0) is 23.4. The number of urea groups is 1. The van der Waals surface area contributed by atoms with Crippen LogP contribution in [-0.2, 0) is 22.6 Å². The van der Waals surface area contributed by atoms with E-state index in [4.69, 9.17) is 4.74 Å². The molecule has 11 heteroatoms. The monoisotopic (exact) mass is 465 g/mol. The Balaban J connectivity index is 1.77. The van der Waals surface area contributed by atoms with Gasteiger partial charge in [-0.1, -0.05) is 6.07 Å². The molecule has 0 saturated carbocycles. The predicted octanol–water partition coefficient (Wildman–Crippen LogP) is 4.26. The molecule has 1 aromatic heterocycles. The fourth-order valence-corrected chi connectivity index (χ4v) is 4.21. The first-order valence-electron chi connectivity index (χ1n) is 9.15. The Morgan fingerprint density at radius 1 is 1.09 bits per heavy atom. The van der Waals surface area contributed by atoms with Gasteiger partial charge < -0.3 is 15.4 Å². The van der Waals surface area contributed by atoms with E-state index in [2.05, 4.69) is 15.6 Å². The van der Waals surface area contributed by atoms with E-state index in [1.807, 2.05) is 0 Å². The summed E-state index contributed by atoms with van der Waals surface area (Å²) in [6.45, 7) is 0.238. The molecule has 0 bridgehead atoms. The number of pyridine rings is 1. The number of hydrogen-bond donors (Lipinski definition) is 2. The number of benzene rings is 2. The number of nitrogens with zero attached hydrogens (tertiary/aromatic N) is 1. The van der Waals surface area contributed by atoms with Gasteiger partial charge in [-0.25, -0.2) is 13.2 Å². The molecule has 0 fully saturated rings. The van der Waals surface area contributed by atoms with Crippen molar-refractivity contribution in [3.05, 3.63) is 78.1 Å². The molecule has 0 aliphatic carbocycles. The maximum atomic E-state index is 13.1. The Hall–Kier alpha value is -3.60. The first-order valence-corrected chi connectivity index (χ1v) is 10.6. The Labute approximate surface area is 182 Å². The molecule has 0 atom stereocenters. The average Bonchev–Trinajstić information content (AvgIpc) is 2.77. The Morgan fingerprint density at radius 3 is 2.41 bits per heavy atom. The van der Waals surface area contributed by atoms with Gasteiger partial charge in [0.2, 0.25) is 9.84 Å². The molecule has 168 valence electrons. The fourth-order valence-electron chi connectivity index (χ4n) is 2.77. The van der Waals surface area contributed by atoms with E-state index >= 15 is 0 Å². The van der Waals surface area contributed by atoms with Crippen LogP contribution in [0.25, 0.3) is 0 Å². The van der Waals surface area contributed by atoms with Crippen molar-refractivity contribution >= 4 is 21.6 Å². The number of ether oxygens (including phenoxy) is 1. The molecule has 1 heterocycles. The smallest absolute Gasteiger partial charge is 0.416 e. The van der Waals surface area contributed by atoms with E-state index in [0.717, 1.165) is 17.7 Å². The van der Waals surface area contributed by atoms with Crippen molar-refractivity contribution in [2.24, 2.45) is 0 Å². The predicted molar refractivity (Wildman–Crippen MR) is 110 cm³/mol. The minimum atomic E-state index is -4.71. The topological polar surface area (TPSA) is 97.4 Å². The summed E-state index contributed by atoms with van der Waals surface area (Å²) in [5, 5.41) is 5.17. The largest absolute Gasteiger partial charge is 0.495 e. The summed E-state index contributed by atoms with van der Waals surface area (Å²) in [6, 6.07) is 10.3. The molecule has 0 radical (unpaired) electrons. The summed E-state index contributed by atoms with van der Waals surface area (Å²) in [6.07, 6.45) is -1.51. The van der Waals surface area contributed by atoms with Crippen LogP contribution in [0.15, 0.2) is 76.8 Å². The molecule has 0 saturated heterocycles. The standard InChI is InChI=1S/C21H18F3N3O4S/c1-31-18-9-4-15(21(22,23)24)11-19(18)32(29,30)17-7-5-16(6-8-17)27-20(28)26-13-14-3-2-10-25-12-14/h2-12H,13H2,1H3,(H2,26,27,28). The fraction of sp³-hybridized carbons (Fsp3) is 0.143. The van der Waals surface area contributed by atoms with Crippen LogP contribution in [0.4, 0.5) is 23.7 Å². The molecule has 3 rings (SSSR count). The minimum absolute atomic E-state index is 0.213. The SMILES string of the molecule is COc1ccc(C(F)(F)F)cc1S(=O)(=O)c1ccc(NC(=O)NCc2cccnc2)cc1. The third-order valence-electron chi connectivity index (χ3n) is 4.38. The number of hydrogen-bond acceptors (Lipinski definition) is 5. The van der Waals surface area contributed by atoms with Gasteiger partial charge in [-0.15, -0.1) is 0 Å². The number of anilines is 1. The number of halogens is 3. The third kappa shape index (κ3) is 5.35. The lowest BCUT2D eigenvalue weighted by Crippen LogP contribution is -2.28. The van der Waals surface area contributed by atoms with Gasteiger partial charge >= 0.3 is 12.2 Å².